The average molecular weight is 154 g/mol. The molecule has 0 fully saturated rings. The van der Waals surface area contributed by atoms with E-state index in [-0.39, 0.29) is 6.42 Å². The normalized spacial score (nSPS) is 14.8. The predicted molar refractivity (Wildman–Crippen MR) is 31.7 cm³/mol. The van der Waals surface area contributed by atoms with Crippen molar-refractivity contribution in [1.29, 1.82) is 0 Å². The van der Waals surface area contributed by atoms with E-state index in [1.807, 2.05) is 0 Å². The highest BCUT2D eigenvalue weighted by atomic mass is 19.4. The Morgan fingerprint density at radius 2 is 2.10 bits per heavy atom. The molecule has 4 heteroatoms. The van der Waals surface area contributed by atoms with Gasteiger partial charge in [-0.15, -0.1) is 6.58 Å². The van der Waals surface area contributed by atoms with Crippen LogP contribution in [0.4, 0.5) is 13.2 Å². The van der Waals surface area contributed by atoms with E-state index in [0.29, 0.717) is 0 Å². The molecule has 0 spiro atoms. The minimum absolute atomic E-state index is 0.194. The van der Waals surface area contributed by atoms with Gasteiger partial charge in [0, 0.05) is 13.5 Å². The molecule has 0 amide bonds. The van der Waals surface area contributed by atoms with Gasteiger partial charge >= 0.3 is 6.18 Å². The second kappa shape index (κ2) is 3.61. The van der Waals surface area contributed by atoms with Gasteiger partial charge in [0.25, 0.3) is 0 Å². The van der Waals surface area contributed by atoms with Crippen LogP contribution in [0.3, 0.4) is 0 Å². The molecule has 0 aromatic carbocycles. The molecule has 1 nitrogen and oxygen atoms in total. The van der Waals surface area contributed by atoms with Gasteiger partial charge in [-0.25, -0.2) is 0 Å². The first kappa shape index (κ1) is 9.49. The molecule has 0 aromatic rings. The van der Waals surface area contributed by atoms with Gasteiger partial charge in [-0.05, 0) is 0 Å². The van der Waals surface area contributed by atoms with Crippen LogP contribution in [0.1, 0.15) is 6.42 Å². The van der Waals surface area contributed by atoms with E-state index >= 15 is 0 Å². The van der Waals surface area contributed by atoms with Gasteiger partial charge in [-0.3, -0.25) is 0 Å². The highest BCUT2D eigenvalue weighted by Gasteiger charge is 2.38. The quantitative estimate of drug-likeness (QED) is 0.566. The van der Waals surface area contributed by atoms with Crippen molar-refractivity contribution in [1.82, 2.24) is 0 Å². The van der Waals surface area contributed by atoms with Gasteiger partial charge in [0.15, 0.2) is 6.10 Å². The molecule has 0 saturated carbocycles. The Hall–Kier alpha value is -0.510. The molecule has 10 heavy (non-hydrogen) atoms. The van der Waals surface area contributed by atoms with E-state index in [4.69, 9.17) is 0 Å². The molecule has 0 aromatic heterocycles. The van der Waals surface area contributed by atoms with Gasteiger partial charge in [0.1, 0.15) is 0 Å². The lowest BCUT2D eigenvalue weighted by atomic mass is 10.2. The summed E-state index contributed by atoms with van der Waals surface area (Å²) in [6, 6.07) is 0. The smallest absolute Gasteiger partial charge is 0.372 e. The Bertz CT molecular complexity index is 108. The number of hydrogen-bond acceptors (Lipinski definition) is 1. The molecule has 0 aliphatic carbocycles. The lowest BCUT2D eigenvalue weighted by molar-refractivity contribution is -0.211. The third kappa shape index (κ3) is 2.87. The summed E-state index contributed by atoms with van der Waals surface area (Å²) in [4.78, 5) is 0. The zero-order chi connectivity index (χ0) is 8.20. The fourth-order valence-electron chi connectivity index (χ4n) is 0.515. The molecule has 0 aliphatic rings. The van der Waals surface area contributed by atoms with Crippen LogP contribution in [-0.4, -0.2) is 19.4 Å². The van der Waals surface area contributed by atoms with Crippen LogP contribution < -0.4 is 0 Å². The molecule has 0 radical (unpaired) electrons. The predicted octanol–water partition coefficient (Wildman–Crippen LogP) is 2.14. The van der Waals surface area contributed by atoms with Crippen LogP contribution in [0.25, 0.3) is 0 Å². The third-order valence-corrected chi connectivity index (χ3v) is 1.03. The molecule has 60 valence electrons. The van der Waals surface area contributed by atoms with Crippen molar-refractivity contribution in [2.75, 3.05) is 7.11 Å². The van der Waals surface area contributed by atoms with Crippen molar-refractivity contribution in [2.45, 2.75) is 18.7 Å². The lowest BCUT2D eigenvalue weighted by Gasteiger charge is -2.16. The third-order valence-electron chi connectivity index (χ3n) is 1.03. The van der Waals surface area contributed by atoms with E-state index in [2.05, 4.69) is 11.3 Å². The van der Waals surface area contributed by atoms with E-state index in [1.165, 1.54) is 6.08 Å². The van der Waals surface area contributed by atoms with Gasteiger partial charge in [0.05, 0.1) is 0 Å². The second-order valence-electron chi connectivity index (χ2n) is 1.79. The van der Waals surface area contributed by atoms with Gasteiger partial charge in [0.2, 0.25) is 0 Å². The Morgan fingerprint density at radius 3 is 2.20 bits per heavy atom. The number of ether oxygens (including phenoxy) is 1. The van der Waals surface area contributed by atoms with Crippen molar-refractivity contribution in [3.8, 4) is 0 Å². The van der Waals surface area contributed by atoms with E-state index < -0.39 is 12.3 Å². The number of alkyl halides is 3. The fraction of sp³-hybridized carbons (Fsp3) is 0.667. The first-order valence-electron chi connectivity index (χ1n) is 2.72. The number of halogens is 3. The largest absolute Gasteiger partial charge is 0.414 e. The Morgan fingerprint density at radius 1 is 1.60 bits per heavy atom. The van der Waals surface area contributed by atoms with Crippen LogP contribution in [0, 0.1) is 0 Å². The van der Waals surface area contributed by atoms with Crippen LogP contribution in [-0.2, 0) is 4.74 Å². The van der Waals surface area contributed by atoms with Crippen LogP contribution in [0.5, 0.6) is 0 Å². The highest BCUT2D eigenvalue weighted by Crippen LogP contribution is 2.24. The van der Waals surface area contributed by atoms with Crippen molar-refractivity contribution < 1.29 is 17.9 Å². The maximum atomic E-state index is 11.7. The molecular formula is C6H9F3O. The van der Waals surface area contributed by atoms with Crippen molar-refractivity contribution in [3.63, 3.8) is 0 Å². The minimum Gasteiger partial charge on any atom is -0.372 e. The molecular weight excluding hydrogens is 145 g/mol. The molecule has 0 heterocycles. The minimum atomic E-state index is -4.27. The summed E-state index contributed by atoms with van der Waals surface area (Å²) >= 11 is 0. The number of hydrogen-bond donors (Lipinski definition) is 0. The summed E-state index contributed by atoms with van der Waals surface area (Å²) in [5, 5.41) is 0. The van der Waals surface area contributed by atoms with Gasteiger partial charge in [-0.1, -0.05) is 6.08 Å². The van der Waals surface area contributed by atoms with E-state index in [0.717, 1.165) is 7.11 Å². The summed E-state index contributed by atoms with van der Waals surface area (Å²) in [5.74, 6) is 0. The molecule has 0 aliphatic heterocycles. The average Bonchev–Trinajstić information content (AvgIpc) is 1.80. The van der Waals surface area contributed by atoms with Crippen molar-refractivity contribution in [3.05, 3.63) is 12.7 Å². The zero-order valence-corrected chi connectivity index (χ0v) is 5.61. The maximum absolute atomic E-state index is 11.7. The summed E-state index contributed by atoms with van der Waals surface area (Å²) in [5.41, 5.74) is 0. The fourth-order valence-corrected chi connectivity index (χ4v) is 0.515. The van der Waals surface area contributed by atoms with E-state index in [1.54, 1.807) is 0 Å². The number of rotatable bonds is 3. The maximum Gasteiger partial charge on any atom is 0.414 e. The highest BCUT2D eigenvalue weighted by molar-refractivity contribution is 4.77. The molecule has 0 saturated heterocycles. The van der Waals surface area contributed by atoms with Gasteiger partial charge in [-0.2, -0.15) is 13.2 Å². The SMILES string of the molecule is C=CCC(OC)C(F)(F)F. The summed E-state index contributed by atoms with van der Waals surface area (Å²) in [6.07, 6.45) is -4.99. The summed E-state index contributed by atoms with van der Waals surface area (Å²) < 4.78 is 39.4. The number of methoxy groups -OCH3 is 1. The van der Waals surface area contributed by atoms with Crippen LogP contribution in [0.15, 0.2) is 12.7 Å². The standard InChI is InChI=1S/C6H9F3O/c1-3-4-5(10-2)6(7,8)9/h3,5H,1,4H2,2H3. The summed E-state index contributed by atoms with van der Waals surface area (Å²) in [6.45, 7) is 3.18. The molecule has 0 N–H and O–H groups in total. The van der Waals surface area contributed by atoms with Crippen LogP contribution in [0.2, 0.25) is 0 Å². The Labute approximate surface area is 57.5 Å². The molecule has 1 atom stereocenters. The Kier molecular flexibility index (Phi) is 3.42. The Balaban J connectivity index is 3.92. The molecule has 0 bridgehead atoms. The monoisotopic (exact) mass is 154 g/mol. The summed E-state index contributed by atoms with van der Waals surface area (Å²) in [7, 11) is 1.03. The van der Waals surface area contributed by atoms with Gasteiger partial charge < -0.3 is 4.74 Å². The second-order valence-corrected chi connectivity index (χ2v) is 1.79. The lowest BCUT2D eigenvalue weighted by Crippen LogP contribution is -2.29. The molecule has 1 unspecified atom stereocenters. The van der Waals surface area contributed by atoms with Crippen LogP contribution >= 0.6 is 0 Å². The zero-order valence-electron chi connectivity index (χ0n) is 5.61. The topological polar surface area (TPSA) is 9.23 Å². The molecule has 0 rings (SSSR count). The first-order valence-corrected chi connectivity index (χ1v) is 2.72. The first-order chi connectivity index (χ1) is 4.52. The van der Waals surface area contributed by atoms with Crippen molar-refractivity contribution in [2.24, 2.45) is 0 Å². The van der Waals surface area contributed by atoms with E-state index in [9.17, 15) is 13.2 Å². The van der Waals surface area contributed by atoms with Crippen molar-refractivity contribution >= 4 is 0 Å².